The van der Waals surface area contributed by atoms with Crippen LogP contribution in [-0.4, -0.2) is 24.0 Å². The summed E-state index contributed by atoms with van der Waals surface area (Å²) in [5.41, 5.74) is 5.88. The van der Waals surface area contributed by atoms with Crippen LogP contribution in [0.5, 0.6) is 5.75 Å². The van der Waals surface area contributed by atoms with Crippen molar-refractivity contribution in [2.75, 3.05) is 0 Å². The molecule has 0 saturated carbocycles. The lowest BCUT2D eigenvalue weighted by molar-refractivity contribution is -0.138. The van der Waals surface area contributed by atoms with Crippen LogP contribution in [-0.2, 0) is 20.9 Å². The molecule has 1 atom stereocenters. The van der Waals surface area contributed by atoms with Gasteiger partial charge in [0.25, 0.3) is 0 Å². The molecule has 0 aliphatic rings. The molecule has 0 heterocycles. The molecule has 0 aliphatic heterocycles. The van der Waals surface area contributed by atoms with E-state index in [1.54, 1.807) is 24.3 Å². The second-order valence-electron chi connectivity index (χ2n) is 5.55. The summed E-state index contributed by atoms with van der Waals surface area (Å²) < 4.78 is 10.1. The lowest BCUT2D eigenvalue weighted by Gasteiger charge is -2.17. The van der Waals surface area contributed by atoms with Crippen LogP contribution in [0, 0.1) is 0 Å². The number of carbonyl (C=O) groups excluding carboxylic acids is 3. The molecule has 7 nitrogen and oxygen atoms in total. The zero-order chi connectivity index (χ0) is 20.7. The molecule has 10 heteroatoms. The number of nitrogens with one attached hydrogen (secondary N) is 1. The Kier molecular flexibility index (Phi) is 7.92. The second kappa shape index (κ2) is 10.2. The minimum atomic E-state index is -1.38. The van der Waals surface area contributed by atoms with Crippen molar-refractivity contribution in [3.05, 3.63) is 63.1 Å². The van der Waals surface area contributed by atoms with Crippen molar-refractivity contribution in [3.8, 4) is 5.75 Å². The first-order chi connectivity index (χ1) is 13.3. The van der Waals surface area contributed by atoms with E-state index in [0.717, 1.165) is 5.56 Å². The van der Waals surface area contributed by atoms with Gasteiger partial charge in [0.1, 0.15) is 12.6 Å². The molecule has 0 spiro atoms. The van der Waals surface area contributed by atoms with E-state index in [1.165, 1.54) is 12.1 Å². The molecule has 148 valence electrons. The molecule has 2 aromatic carbocycles. The monoisotopic (exact) mass is 444 g/mol. The number of hydrogen-bond acceptors (Lipinski definition) is 5. The Morgan fingerprint density at radius 3 is 2.29 bits per heavy atom. The van der Waals surface area contributed by atoms with Crippen molar-refractivity contribution in [2.24, 2.45) is 5.73 Å². The van der Waals surface area contributed by atoms with Crippen molar-refractivity contribution in [2.45, 2.75) is 19.1 Å². The van der Waals surface area contributed by atoms with E-state index in [9.17, 15) is 14.4 Å². The van der Waals surface area contributed by atoms with Crippen LogP contribution in [0.1, 0.15) is 12.0 Å². The second-order valence-corrected chi connectivity index (χ2v) is 6.77. The number of ether oxygens (including phenoxy) is 2. The summed E-state index contributed by atoms with van der Waals surface area (Å²) in [5, 5.41) is 2.54. The number of alkyl carbamates (subject to hydrolysis) is 1. The zero-order valence-corrected chi connectivity index (χ0v) is 16.6. The van der Waals surface area contributed by atoms with Gasteiger partial charge in [-0.2, -0.15) is 0 Å². The average molecular weight is 446 g/mol. The summed E-state index contributed by atoms with van der Waals surface area (Å²) in [6, 6.07) is 10.0. The summed E-state index contributed by atoms with van der Waals surface area (Å²) in [6.07, 6.45) is -1.43. The third kappa shape index (κ3) is 6.60. The standard InChI is InChI=1S/C18H15Cl3N2O5/c19-11-6-13(21)15(7-12(11)20)28-17(25)14(8-16(22)24)23-18(26)27-9-10-4-2-1-3-5-10/h1-7,14H,8-9H2,(H2,22,24)(H,23,26). The minimum Gasteiger partial charge on any atom is -0.445 e. The Hall–Kier alpha value is -2.48. The van der Waals surface area contributed by atoms with Crippen molar-refractivity contribution >= 4 is 52.8 Å². The van der Waals surface area contributed by atoms with Crippen molar-refractivity contribution in [3.63, 3.8) is 0 Å². The third-order valence-electron chi connectivity index (χ3n) is 3.38. The summed E-state index contributed by atoms with van der Waals surface area (Å²) in [6.45, 7) is -0.0242. The third-order valence-corrected chi connectivity index (χ3v) is 4.40. The van der Waals surface area contributed by atoms with E-state index in [0.29, 0.717) is 0 Å². The molecule has 0 saturated heterocycles. The lowest BCUT2D eigenvalue weighted by Crippen LogP contribution is -2.45. The highest BCUT2D eigenvalue weighted by Gasteiger charge is 2.26. The van der Waals surface area contributed by atoms with Crippen LogP contribution in [0.15, 0.2) is 42.5 Å². The number of carbonyl (C=O) groups is 3. The largest absolute Gasteiger partial charge is 0.445 e. The predicted octanol–water partition coefficient (Wildman–Crippen LogP) is 3.72. The fourth-order valence-electron chi connectivity index (χ4n) is 2.06. The van der Waals surface area contributed by atoms with Gasteiger partial charge in [0.15, 0.2) is 5.75 Å². The Balaban J connectivity index is 2.03. The van der Waals surface area contributed by atoms with E-state index in [4.69, 9.17) is 50.0 Å². The van der Waals surface area contributed by atoms with E-state index < -0.39 is 30.4 Å². The Labute approximate surface area is 175 Å². The Morgan fingerprint density at radius 2 is 1.64 bits per heavy atom. The lowest BCUT2D eigenvalue weighted by atomic mass is 10.2. The average Bonchev–Trinajstić information content (AvgIpc) is 2.64. The number of primary amides is 1. The Bertz CT molecular complexity index is 877. The number of nitrogens with two attached hydrogens (primary N) is 1. The van der Waals surface area contributed by atoms with Crippen LogP contribution in [0.4, 0.5) is 4.79 Å². The number of esters is 1. The van der Waals surface area contributed by atoms with Crippen LogP contribution < -0.4 is 15.8 Å². The fraction of sp³-hybridized carbons (Fsp3) is 0.167. The maximum atomic E-state index is 12.4. The van der Waals surface area contributed by atoms with Gasteiger partial charge in [0.05, 0.1) is 21.5 Å². The molecule has 0 aromatic heterocycles. The maximum Gasteiger partial charge on any atom is 0.408 e. The first kappa shape index (κ1) is 21.8. The number of rotatable bonds is 7. The SMILES string of the molecule is NC(=O)CC(NC(=O)OCc1ccccc1)C(=O)Oc1cc(Cl)c(Cl)cc1Cl. The zero-order valence-electron chi connectivity index (χ0n) is 14.3. The first-order valence-corrected chi connectivity index (χ1v) is 9.01. The topological polar surface area (TPSA) is 108 Å². The van der Waals surface area contributed by atoms with Crippen LogP contribution >= 0.6 is 34.8 Å². The van der Waals surface area contributed by atoms with E-state index in [2.05, 4.69) is 5.32 Å². The van der Waals surface area contributed by atoms with Crippen molar-refractivity contribution in [1.29, 1.82) is 0 Å². The van der Waals surface area contributed by atoms with Crippen LogP contribution in [0.2, 0.25) is 15.1 Å². The molecule has 0 radical (unpaired) electrons. The van der Waals surface area contributed by atoms with Gasteiger partial charge in [0.2, 0.25) is 5.91 Å². The molecule has 2 amide bonds. The molecule has 1 unspecified atom stereocenters. The van der Waals surface area contributed by atoms with Gasteiger partial charge in [0, 0.05) is 6.07 Å². The van der Waals surface area contributed by atoms with Gasteiger partial charge in [-0.1, -0.05) is 65.1 Å². The molecule has 3 N–H and O–H groups in total. The smallest absolute Gasteiger partial charge is 0.408 e. The van der Waals surface area contributed by atoms with Crippen LogP contribution in [0.25, 0.3) is 0 Å². The molecule has 0 aliphatic carbocycles. The van der Waals surface area contributed by atoms with Gasteiger partial charge < -0.3 is 20.5 Å². The fourth-order valence-corrected chi connectivity index (χ4v) is 2.64. The molecule has 0 fully saturated rings. The predicted molar refractivity (Wildman–Crippen MR) is 104 cm³/mol. The highest BCUT2D eigenvalue weighted by Crippen LogP contribution is 2.34. The van der Waals surface area contributed by atoms with Crippen LogP contribution in [0.3, 0.4) is 0 Å². The summed E-state index contributed by atoms with van der Waals surface area (Å²) >= 11 is 17.6. The first-order valence-electron chi connectivity index (χ1n) is 7.88. The number of hydrogen-bond donors (Lipinski definition) is 2. The van der Waals surface area contributed by atoms with Gasteiger partial charge in [-0.05, 0) is 11.6 Å². The summed E-state index contributed by atoms with van der Waals surface area (Å²) in [7, 11) is 0. The van der Waals surface area contributed by atoms with E-state index >= 15 is 0 Å². The highest BCUT2D eigenvalue weighted by molar-refractivity contribution is 6.43. The number of halogens is 3. The van der Waals surface area contributed by atoms with Gasteiger partial charge in [-0.15, -0.1) is 0 Å². The molecular formula is C18H15Cl3N2O5. The number of amides is 2. The van der Waals surface area contributed by atoms with Crippen molar-refractivity contribution < 1.29 is 23.9 Å². The molecular weight excluding hydrogens is 431 g/mol. The molecule has 2 aromatic rings. The van der Waals surface area contributed by atoms with Gasteiger partial charge in [-0.3, -0.25) is 4.79 Å². The Morgan fingerprint density at radius 1 is 1.00 bits per heavy atom. The van der Waals surface area contributed by atoms with Gasteiger partial charge in [-0.25, -0.2) is 9.59 Å². The summed E-state index contributed by atoms with van der Waals surface area (Å²) in [5.74, 6) is -1.89. The highest BCUT2D eigenvalue weighted by atomic mass is 35.5. The number of benzene rings is 2. The molecule has 2 rings (SSSR count). The van der Waals surface area contributed by atoms with E-state index in [1.807, 2.05) is 6.07 Å². The van der Waals surface area contributed by atoms with Gasteiger partial charge >= 0.3 is 12.1 Å². The van der Waals surface area contributed by atoms with E-state index in [-0.39, 0.29) is 27.4 Å². The normalized spacial score (nSPS) is 11.4. The maximum absolute atomic E-state index is 12.4. The van der Waals surface area contributed by atoms with Crippen molar-refractivity contribution in [1.82, 2.24) is 5.32 Å². The molecule has 28 heavy (non-hydrogen) atoms. The quantitative estimate of drug-likeness (QED) is 0.384. The minimum absolute atomic E-state index is 0.0206. The summed E-state index contributed by atoms with van der Waals surface area (Å²) in [4.78, 5) is 35.6. The molecule has 0 bridgehead atoms.